The summed E-state index contributed by atoms with van der Waals surface area (Å²) < 4.78 is 5.17. The molecule has 1 aromatic rings. The summed E-state index contributed by atoms with van der Waals surface area (Å²) in [7, 11) is 0. The molecule has 1 saturated heterocycles. The number of imide groups is 1. The first-order valence-corrected chi connectivity index (χ1v) is 5.55. The van der Waals surface area contributed by atoms with Crippen LogP contribution in [0, 0.1) is 0 Å². The van der Waals surface area contributed by atoms with Gasteiger partial charge in [0, 0.05) is 6.54 Å². The second-order valence-corrected chi connectivity index (χ2v) is 4.34. The first-order chi connectivity index (χ1) is 8.49. The Kier molecular flexibility index (Phi) is 3.10. The number of aliphatic hydroxyl groups is 1. The molecule has 98 valence electrons. The summed E-state index contributed by atoms with van der Waals surface area (Å²) >= 11 is 0. The summed E-state index contributed by atoms with van der Waals surface area (Å²) in [5, 5.41) is 12.0. The van der Waals surface area contributed by atoms with Gasteiger partial charge in [-0.2, -0.15) is 0 Å². The van der Waals surface area contributed by atoms with Crippen molar-refractivity contribution >= 4 is 11.9 Å². The summed E-state index contributed by atoms with van der Waals surface area (Å²) in [6, 6.07) is 2.68. The average molecular weight is 253 g/mol. The molecule has 0 bridgehead atoms. The molecule has 1 fully saturated rings. The number of aliphatic hydroxyl groups excluding tert-OH is 1. The molecule has 0 saturated carbocycles. The van der Waals surface area contributed by atoms with E-state index in [1.165, 1.54) is 6.26 Å². The average Bonchev–Trinajstić information content (AvgIpc) is 2.93. The number of carbonyl (C=O) groups excluding carboxylic acids is 2. The highest BCUT2D eigenvalue weighted by Crippen LogP contribution is 2.28. The van der Waals surface area contributed by atoms with Crippen molar-refractivity contribution in [1.29, 1.82) is 0 Å². The fraction of sp³-hybridized carbons (Fsp3) is 0.455. The summed E-state index contributed by atoms with van der Waals surface area (Å²) in [5.74, 6) is -0.111. The van der Waals surface area contributed by atoms with E-state index in [9.17, 15) is 14.7 Å². The van der Waals surface area contributed by atoms with Crippen molar-refractivity contribution in [2.75, 3.05) is 13.1 Å². The van der Waals surface area contributed by atoms with Gasteiger partial charge in [-0.15, -0.1) is 0 Å². The fourth-order valence-corrected chi connectivity index (χ4v) is 1.88. The Labute approximate surface area is 104 Å². The lowest BCUT2D eigenvalue weighted by molar-refractivity contribution is -0.132. The van der Waals surface area contributed by atoms with Crippen molar-refractivity contribution in [3.05, 3.63) is 24.2 Å². The molecule has 7 heteroatoms. The van der Waals surface area contributed by atoms with Crippen LogP contribution in [0.1, 0.15) is 12.7 Å². The fourth-order valence-electron chi connectivity index (χ4n) is 1.88. The molecule has 3 amide bonds. The minimum Gasteiger partial charge on any atom is -0.466 e. The second kappa shape index (κ2) is 4.43. The van der Waals surface area contributed by atoms with E-state index >= 15 is 0 Å². The molecule has 1 aromatic heterocycles. The maximum Gasteiger partial charge on any atom is 0.325 e. The number of nitrogens with zero attached hydrogens (tertiary/aromatic N) is 1. The van der Waals surface area contributed by atoms with Gasteiger partial charge < -0.3 is 20.6 Å². The SMILES string of the molecule is CC1(c2ccco2)NC(=O)N(C[C@@H](O)CN)C1=O. The van der Waals surface area contributed by atoms with Crippen molar-refractivity contribution in [3.8, 4) is 0 Å². The van der Waals surface area contributed by atoms with E-state index in [-0.39, 0.29) is 13.1 Å². The van der Waals surface area contributed by atoms with Gasteiger partial charge in [-0.25, -0.2) is 4.79 Å². The van der Waals surface area contributed by atoms with Crippen molar-refractivity contribution in [2.45, 2.75) is 18.6 Å². The number of nitrogens with one attached hydrogen (secondary N) is 1. The Morgan fingerprint density at radius 2 is 2.33 bits per heavy atom. The van der Waals surface area contributed by atoms with Gasteiger partial charge in [-0.3, -0.25) is 9.69 Å². The minimum atomic E-state index is -1.23. The van der Waals surface area contributed by atoms with Crippen LogP contribution in [-0.4, -0.2) is 41.1 Å². The van der Waals surface area contributed by atoms with Gasteiger partial charge in [0.25, 0.3) is 5.91 Å². The summed E-state index contributed by atoms with van der Waals surface area (Å²) in [6.45, 7) is 1.41. The Bertz CT molecular complexity index is 459. The van der Waals surface area contributed by atoms with Crippen molar-refractivity contribution in [1.82, 2.24) is 10.2 Å². The van der Waals surface area contributed by atoms with Crippen LogP contribution in [0.3, 0.4) is 0 Å². The zero-order valence-electron chi connectivity index (χ0n) is 9.92. The standard InChI is InChI=1S/C11H15N3O4/c1-11(8-3-2-4-18-8)9(16)14(10(17)13-11)6-7(15)5-12/h2-4,7,15H,5-6,12H2,1H3,(H,13,17)/t7-,11?/m0/s1. The van der Waals surface area contributed by atoms with E-state index in [1.54, 1.807) is 19.1 Å². The lowest BCUT2D eigenvalue weighted by atomic mass is 9.99. The molecule has 2 heterocycles. The first kappa shape index (κ1) is 12.6. The topological polar surface area (TPSA) is 109 Å². The number of nitrogens with two attached hydrogens (primary N) is 1. The van der Waals surface area contributed by atoms with Crippen LogP contribution in [0.25, 0.3) is 0 Å². The van der Waals surface area contributed by atoms with Crippen LogP contribution in [0.2, 0.25) is 0 Å². The summed E-state index contributed by atoms with van der Waals surface area (Å²) in [4.78, 5) is 24.9. The summed E-state index contributed by atoms with van der Waals surface area (Å²) in [6.07, 6.45) is 0.496. The zero-order valence-corrected chi connectivity index (χ0v) is 9.92. The number of urea groups is 1. The molecule has 7 nitrogen and oxygen atoms in total. The zero-order chi connectivity index (χ0) is 13.3. The minimum absolute atomic E-state index is 0.0193. The molecule has 0 aliphatic carbocycles. The van der Waals surface area contributed by atoms with E-state index in [1.807, 2.05) is 0 Å². The highest BCUT2D eigenvalue weighted by molar-refractivity contribution is 6.06. The number of amides is 3. The smallest absolute Gasteiger partial charge is 0.325 e. The Balaban J connectivity index is 2.24. The van der Waals surface area contributed by atoms with Crippen LogP contribution in [0.15, 0.2) is 22.8 Å². The molecule has 0 aromatic carbocycles. The molecule has 1 aliphatic rings. The number of β-amino-alcohol motifs (C(OH)–C–C–N with tert-alkyl or cyclic N) is 1. The molecule has 1 aliphatic heterocycles. The van der Waals surface area contributed by atoms with E-state index in [2.05, 4.69) is 5.32 Å². The maximum atomic E-state index is 12.2. The molecule has 0 spiro atoms. The lowest BCUT2D eigenvalue weighted by Gasteiger charge is -2.20. The van der Waals surface area contributed by atoms with Crippen molar-refractivity contribution in [3.63, 3.8) is 0 Å². The molecule has 2 atom stereocenters. The molecule has 4 N–H and O–H groups in total. The van der Waals surface area contributed by atoms with Crippen molar-refractivity contribution < 1.29 is 19.1 Å². The molecule has 18 heavy (non-hydrogen) atoms. The van der Waals surface area contributed by atoms with Crippen LogP contribution >= 0.6 is 0 Å². The third kappa shape index (κ3) is 1.87. The highest BCUT2D eigenvalue weighted by atomic mass is 16.3. The van der Waals surface area contributed by atoms with Crippen LogP contribution in [0.4, 0.5) is 4.79 Å². The van der Waals surface area contributed by atoms with E-state index in [0.717, 1.165) is 4.90 Å². The predicted molar refractivity (Wildman–Crippen MR) is 61.4 cm³/mol. The van der Waals surface area contributed by atoms with Crippen LogP contribution < -0.4 is 11.1 Å². The number of furan rings is 1. The molecule has 2 rings (SSSR count). The van der Waals surface area contributed by atoms with Gasteiger partial charge in [-0.1, -0.05) is 0 Å². The molecule has 0 radical (unpaired) electrons. The quantitative estimate of drug-likeness (QED) is 0.619. The lowest BCUT2D eigenvalue weighted by Crippen LogP contribution is -2.42. The van der Waals surface area contributed by atoms with Gasteiger partial charge in [0.05, 0.1) is 18.9 Å². The van der Waals surface area contributed by atoms with Gasteiger partial charge in [0.2, 0.25) is 0 Å². The van der Waals surface area contributed by atoms with E-state index < -0.39 is 23.6 Å². The van der Waals surface area contributed by atoms with Gasteiger partial charge in [0.1, 0.15) is 5.76 Å². The number of hydrogen-bond acceptors (Lipinski definition) is 5. The largest absolute Gasteiger partial charge is 0.466 e. The monoisotopic (exact) mass is 253 g/mol. The van der Waals surface area contributed by atoms with Gasteiger partial charge in [-0.05, 0) is 19.1 Å². The molecular formula is C11H15N3O4. The number of rotatable bonds is 4. The van der Waals surface area contributed by atoms with Crippen LogP contribution in [0.5, 0.6) is 0 Å². The van der Waals surface area contributed by atoms with Crippen molar-refractivity contribution in [2.24, 2.45) is 5.73 Å². The number of carbonyl (C=O) groups is 2. The number of hydrogen-bond donors (Lipinski definition) is 3. The third-order valence-electron chi connectivity index (χ3n) is 2.95. The molecule has 1 unspecified atom stereocenters. The second-order valence-electron chi connectivity index (χ2n) is 4.34. The Hall–Kier alpha value is -1.86. The first-order valence-electron chi connectivity index (χ1n) is 5.55. The summed E-state index contributed by atoms with van der Waals surface area (Å²) in [5.41, 5.74) is 4.04. The normalized spacial score (nSPS) is 25.4. The predicted octanol–water partition coefficient (Wildman–Crippen LogP) is -0.634. The maximum absolute atomic E-state index is 12.2. The van der Waals surface area contributed by atoms with E-state index in [4.69, 9.17) is 10.2 Å². The molecular weight excluding hydrogens is 238 g/mol. The Morgan fingerprint density at radius 1 is 1.61 bits per heavy atom. The van der Waals surface area contributed by atoms with E-state index in [0.29, 0.717) is 5.76 Å². The third-order valence-corrected chi connectivity index (χ3v) is 2.95. The highest BCUT2D eigenvalue weighted by Gasteiger charge is 2.51. The Morgan fingerprint density at radius 3 is 2.89 bits per heavy atom. The van der Waals surface area contributed by atoms with Gasteiger partial charge >= 0.3 is 6.03 Å². The van der Waals surface area contributed by atoms with Crippen LogP contribution in [-0.2, 0) is 10.3 Å². The van der Waals surface area contributed by atoms with Gasteiger partial charge in [0.15, 0.2) is 5.54 Å².